The standard InChI is InChI=1S/C13H22O2/c1-12(2)11(13(12,3)4)10(14)9-6-5-7-15-8-9/h8,10-11,14H,5-7H2,1-4H3. The summed E-state index contributed by atoms with van der Waals surface area (Å²) >= 11 is 0. The number of hydrogen-bond donors (Lipinski definition) is 1. The molecule has 0 radical (unpaired) electrons. The van der Waals surface area contributed by atoms with Gasteiger partial charge in [-0.05, 0) is 29.2 Å². The van der Waals surface area contributed by atoms with Gasteiger partial charge in [-0.2, -0.15) is 0 Å². The van der Waals surface area contributed by atoms with Gasteiger partial charge in [-0.15, -0.1) is 0 Å². The highest BCUT2D eigenvalue weighted by atomic mass is 16.5. The van der Waals surface area contributed by atoms with Crippen LogP contribution in [0.1, 0.15) is 40.5 Å². The Morgan fingerprint density at radius 2 is 1.93 bits per heavy atom. The van der Waals surface area contributed by atoms with Crippen molar-refractivity contribution in [1.82, 2.24) is 0 Å². The number of aliphatic hydroxyl groups excluding tert-OH is 1. The fourth-order valence-corrected chi connectivity index (χ4v) is 3.05. The van der Waals surface area contributed by atoms with E-state index in [-0.39, 0.29) is 16.9 Å². The lowest BCUT2D eigenvalue weighted by molar-refractivity contribution is 0.137. The van der Waals surface area contributed by atoms with Gasteiger partial charge in [0, 0.05) is 5.92 Å². The van der Waals surface area contributed by atoms with E-state index in [2.05, 4.69) is 27.7 Å². The molecule has 15 heavy (non-hydrogen) atoms. The van der Waals surface area contributed by atoms with Crippen LogP contribution in [-0.2, 0) is 4.74 Å². The van der Waals surface area contributed by atoms with Crippen molar-refractivity contribution in [2.45, 2.75) is 46.6 Å². The van der Waals surface area contributed by atoms with Crippen molar-refractivity contribution >= 4 is 0 Å². The molecule has 1 aliphatic heterocycles. The van der Waals surface area contributed by atoms with Crippen LogP contribution in [-0.4, -0.2) is 17.8 Å². The highest BCUT2D eigenvalue weighted by Crippen LogP contribution is 2.70. The van der Waals surface area contributed by atoms with Crippen molar-refractivity contribution in [3.8, 4) is 0 Å². The summed E-state index contributed by atoms with van der Waals surface area (Å²) in [5, 5.41) is 10.3. The number of aliphatic hydroxyl groups is 1. The summed E-state index contributed by atoms with van der Waals surface area (Å²) in [6.07, 6.45) is 3.49. The molecule has 1 aliphatic carbocycles. The van der Waals surface area contributed by atoms with Gasteiger partial charge >= 0.3 is 0 Å². The molecule has 0 bridgehead atoms. The van der Waals surface area contributed by atoms with E-state index in [0.717, 1.165) is 25.0 Å². The first-order chi connectivity index (χ1) is 6.89. The van der Waals surface area contributed by atoms with Crippen LogP contribution >= 0.6 is 0 Å². The number of hydrogen-bond acceptors (Lipinski definition) is 2. The fourth-order valence-electron chi connectivity index (χ4n) is 3.05. The normalized spacial score (nSPS) is 30.3. The summed E-state index contributed by atoms with van der Waals surface area (Å²) in [6, 6.07) is 0. The zero-order valence-electron chi connectivity index (χ0n) is 10.2. The maximum Gasteiger partial charge on any atom is 0.0876 e. The Hall–Kier alpha value is -0.500. The van der Waals surface area contributed by atoms with Crippen LogP contribution in [0.5, 0.6) is 0 Å². The van der Waals surface area contributed by atoms with E-state index in [1.807, 2.05) is 0 Å². The number of rotatable bonds is 2. The van der Waals surface area contributed by atoms with Gasteiger partial charge in [-0.3, -0.25) is 0 Å². The first-order valence-corrected chi connectivity index (χ1v) is 5.87. The molecule has 0 saturated heterocycles. The predicted octanol–water partition coefficient (Wildman–Crippen LogP) is 2.72. The van der Waals surface area contributed by atoms with Crippen LogP contribution in [0.2, 0.25) is 0 Å². The molecule has 1 N–H and O–H groups in total. The van der Waals surface area contributed by atoms with Gasteiger partial charge < -0.3 is 9.84 Å². The summed E-state index contributed by atoms with van der Waals surface area (Å²) < 4.78 is 5.30. The molecule has 0 aromatic carbocycles. The molecule has 2 nitrogen and oxygen atoms in total. The van der Waals surface area contributed by atoms with Crippen molar-refractivity contribution in [2.75, 3.05) is 6.61 Å². The van der Waals surface area contributed by atoms with Crippen molar-refractivity contribution in [2.24, 2.45) is 16.7 Å². The average Bonchev–Trinajstić information content (AvgIpc) is 2.58. The summed E-state index contributed by atoms with van der Waals surface area (Å²) in [4.78, 5) is 0. The minimum Gasteiger partial charge on any atom is -0.501 e. The van der Waals surface area contributed by atoms with Gasteiger partial charge in [0.15, 0.2) is 0 Å². The van der Waals surface area contributed by atoms with E-state index in [1.54, 1.807) is 6.26 Å². The van der Waals surface area contributed by atoms with Gasteiger partial charge in [-0.1, -0.05) is 27.7 Å². The predicted molar refractivity (Wildman–Crippen MR) is 60.3 cm³/mol. The molecule has 1 fully saturated rings. The Morgan fingerprint density at radius 1 is 1.33 bits per heavy atom. The smallest absolute Gasteiger partial charge is 0.0876 e. The Balaban J connectivity index is 2.10. The van der Waals surface area contributed by atoms with Gasteiger partial charge in [-0.25, -0.2) is 0 Å². The lowest BCUT2D eigenvalue weighted by Crippen LogP contribution is -2.20. The van der Waals surface area contributed by atoms with E-state index in [9.17, 15) is 5.11 Å². The minimum absolute atomic E-state index is 0.241. The second-order valence-corrected chi connectivity index (χ2v) is 6.03. The highest BCUT2D eigenvalue weighted by Gasteiger charge is 2.67. The topological polar surface area (TPSA) is 29.5 Å². The molecule has 0 aromatic rings. The summed E-state index contributed by atoms with van der Waals surface area (Å²) in [5.41, 5.74) is 1.57. The zero-order chi connectivity index (χ0) is 11.3. The Kier molecular flexibility index (Phi) is 2.38. The van der Waals surface area contributed by atoms with E-state index < -0.39 is 0 Å². The summed E-state index contributed by atoms with van der Waals surface area (Å²) in [6.45, 7) is 9.76. The van der Waals surface area contributed by atoms with E-state index in [0.29, 0.717) is 5.92 Å². The average molecular weight is 210 g/mol. The monoisotopic (exact) mass is 210 g/mol. The van der Waals surface area contributed by atoms with Crippen molar-refractivity contribution in [3.63, 3.8) is 0 Å². The first kappa shape index (κ1) is 11.0. The lowest BCUT2D eigenvalue weighted by Gasteiger charge is -2.20. The third-order valence-electron chi connectivity index (χ3n) is 4.79. The zero-order valence-corrected chi connectivity index (χ0v) is 10.2. The summed E-state index contributed by atoms with van der Waals surface area (Å²) in [5.74, 6) is 0.373. The molecule has 2 aliphatic rings. The molecule has 1 atom stereocenters. The quantitative estimate of drug-likeness (QED) is 0.759. The van der Waals surface area contributed by atoms with Gasteiger partial charge in [0.2, 0.25) is 0 Å². The Bertz CT molecular complexity index is 275. The summed E-state index contributed by atoms with van der Waals surface area (Å²) in [7, 11) is 0. The maximum absolute atomic E-state index is 10.3. The Morgan fingerprint density at radius 3 is 2.33 bits per heavy atom. The third kappa shape index (κ3) is 1.50. The second kappa shape index (κ2) is 3.24. The fraction of sp³-hybridized carbons (Fsp3) is 0.846. The van der Waals surface area contributed by atoms with Gasteiger partial charge in [0.25, 0.3) is 0 Å². The molecule has 86 valence electrons. The van der Waals surface area contributed by atoms with Gasteiger partial charge in [0.05, 0.1) is 19.0 Å². The molecule has 1 saturated carbocycles. The first-order valence-electron chi connectivity index (χ1n) is 5.87. The second-order valence-electron chi connectivity index (χ2n) is 6.03. The van der Waals surface area contributed by atoms with Crippen LogP contribution in [0.25, 0.3) is 0 Å². The molecule has 1 unspecified atom stereocenters. The molecule has 0 spiro atoms. The lowest BCUT2D eigenvalue weighted by atomic mass is 9.96. The highest BCUT2D eigenvalue weighted by molar-refractivity contribution is 5.23. The SMILES string of the molecule is CC1(C)C(C(O)C2=COCCC2)C1(C)C. The van der Waals surface area contributed by atoms with Gasteiger partial charge in [0.1, 0.15) is 0 Å². The van der Waals surface area contributed by atoms with Crippen LogP contribution in [0.15, 0.2) is 11.8 Å². The molecule has 1 heterocycles. The number of ether oxygens (including phenoxy) is 1. The molecule has 0 aromatic heterocycles. The van der Waals surface area contributed by atoms with Crippen molar-refractivity contribution < 1.29 is 9.84 Å². The van der Waals surface area contributed by atoms with Crippen molar-refractivity contribution in [1.29, 1.82) is 0 Å². The van der Waals surface area contributed by atoms with Crippen LogP contribution in [0, 0.1) is 16.7 Å². The molecular weight excluding hydrogens is 188 g/mol. The largest absolute Gasteiger partial charge is 0.501 e. The van der Waals surface area contributed by atoms with E-state index in [4.69, 9.17) is 4.74 Å². The van der Waals surface area contributed by atoms with E-state index >= 15 is 0 Å². The molecule has 0 amide bonds. The van der Waals surface area contributed by atoms with Crippen molar-refractivity contribution in [3.05, 3.63) is 11.8 Å². The molecule has 2 heteroatoms. The maximum atomic E-state index is 10.3. The third-order valence-corrected chi connectivity index (χ3v) is 4.79. The Labute approximate surface area is 92.3 Å². The van der Waals surface area contributed by atoms with Crippen LogP contribution < -0.4 is 0 Å². The van der Waals surface area contributed by atoms with Crippen LogP contribution in [0.4, 0.5) is 0 Å². The van der Waals surface area contributed by atoms with Crippen LogP contribution in [0.3, 0.4) is 0 Å². The van der Waals surface area contributed by atoms with E-state index in [1.165, 1.54) is 0 Å². The molecule has 2 rings (SSSR count). The minimum atomic E-state index is -0.310. The molecular formula is C13H22O2.